The Morgan fingerprint density at radius 2 is 2.04 bits per heavy atom. The lowest BCUT2D eigenvalue weighted by Gasteiger charge is -2.10. The fraction of sp³-hybridized carbons (Fsp3) is 0.316. The Bertz CT molecular complexity index is 576. The molecular weight excluding hydrogens is 286 g/mol. The van der Waals surface area contributed by atoms with Gasteiger partial charge in [0.25, 0.3) is 0 Å². The molecule has 0 spiro atoms. The highest BCUT2D eigenvalue weighted by Crippen LogP contribution is 2.13. The molecule has 1 rings (SSSR count). The monoisotopic (exact) mass is 313 g/mol. The Labute approximate surface area is 138 Å². The van der Waals surface area contributed by atoms with Crippen molar-refractivity contribution < 1.29 is 4.79 Å². The minimum absolute atomic E-state index is 0.123. The molecule has 0 aromatic heterocycles. The fourth-order valence-corrected chi connectivity index (χ4v) is 2.07. The second-order valence-electron chi connectivity index (χ2n) is 5.46. The standard InChI is InChI=1S/C19H27N3O/c1-15(21)6-3-4-9-19(23)11-10-17-7-5-8-18(14-17)16(2)22-13-12-20/h4-5,7-9,14,22H,1-3,6,10-13,20-21H2/b9-4+. The summed E-state index contributed by atoms with van der Waals surface area (Å²) in [5.74, 6) is 0.123. The summed E-state index contributed by atoms with van der Waals surface area (Å²) in [7, 11) is 0. The first-order valence-corrected chi connectivity index (χ1v) is 7.87. The zero-order valence-corrected chi connectivity index (χ0v) is 13.7. The Kier molecular flexibility index (Phi) is 8.47. The van der Waals surface area contributed by atoms with Crippen molar-refractivity contribution in [2.24, 2.45) is 11.5 Å². The van der Waals surface area contributed by atoms with E-state index in [1.807, 2.05) is 24.3 Å². The van der Waals surface area contributed by atoms with Crippen LogP contribution in [0.4, 0.5) is 0 Å². The molecule has 4 heteroatoms. The van der Waals surface area contributed by atoms with Crippen molar-refractivity contribution in [3.8, 4) is 0 Å². The first kappa shape index (κ1) is 18.7. The maximum atomic E-state index is 11.8. The largest absolute Gasteiger partial charge is 0.403 e. The van der Waals surface area contributed by atoms with Crippen molar-refractivity contribution in [3.05, 3.63) is 66.4 Å². The predicted molar refractivity (Wildman–Crippen MR) is 97.6 cm³/mol. The molecule has 0 aliphatic carbocycles. The van der Waals surface area contributed by atoms with Crippen LogP contribution in [-0.2, 0) is 11.2 Å². The quantitative estimate of drug-likeness (QED) is 0.548. The summed E-state index contributed by atoms with van der Waals surface area (Å²) in [6.45, 7) is 8.89. The van der Waals surface area contributed by atoms with Crippen molar-refractivity contribution in [1.29, 1.82) is 0 Å². The van der Waals surface area contributed by atoms with Crippen LogP contribution in [0.1, 0.15) is 30.4 Å². The molecule has 0 heterocycles. The SMILES string of the molecule is C=C(N)CC/C=C/C(=O)CCc1cccc(C(=C)NCCN)c1. The van der Waals surface area contributed by atoms with Gasteiger partial charge in [-0.2, -0.15) is 0 Å². The zero-order valence-electron chi connectivity index (χ0n) is 13.7. The smallest absolute Gasteiger partial charge is 0.155 e. The topological polar surface area (TPSA) is 81.1 Å². The Morgan fingerprint density at radius 3 is 2.74 bits per heavy atom. The van der Waals surface area contributed by atoms with Crippen molar-refractivity contribution >= 4 is 11.5 Å². The van der Waals surface area contributed by atoms with Gasteiger partial charge >= 0.3 is 0 Å². The Morgan fingerprint density at radius 1 is 1.26 bits per heavy atom. The number of hydrogen-bond donors (Lipinski definition) is 3. The third-order valence-electron chi connectivity index (χ3n) is 3.35. The van der Waals surface area contributed by atoms with Gasteiger partial charge in [-0.25, -0.2) is 0 Å². The molecule has 4 nitrogen and oxygen atoms in total. The molecule has 0 radical (unpaired) electrons. The molecule has 0 unspecified atom stereocenters. The van der Waals surface area contributed by atoms with E-state index in [4.69, 9.17) is 11.5 Å². The van der Waals surface area contributed by atoms with Crippen LogP contribution in [0.25, 0.3) is 5.70 Å². The van der Waals surface area contributed by atoms with Crippen LogP contribution >= 0.6 is 0 Å². The van der Waals surface area contributed by atoms with E-state index < -0.39 is 0 Å². The van der Waals surface area contributed by atoms with E-state index in [1.165, 1.54) is 0 Å². The van der Waals surface area contributed by atoms with Crippen LogP contribution in [0.3, 0.4) is 0 Å². The summed E-state index contributed by atoms with van der Waals surface area (Å²) >= 11 is 0. The lowest BCUT2D eigenvalue weighted by Crippen LogP contribution is -2.20. The summed E-state index contributed by atoms with van der Waals surface area (Å²) in [6.07, 6.45) is 6.16. The van der Waals surface area contributed by atoms with E-state index in [0.717, 1.165) is 23.2 Å². The first-order valence-electron chi connectivity index (χ1n) is 7.87. The molecule has 0 aliphatic heterocycles. The number of nitrogens with two attached hydrogens (primary N) is 2. The van der Waals surface area contributed by atoms with Gasteiger partial charge < -0.3 is 16.8 Å². The molecule has 0 amide bonds. The van der Waals surface area contributed by atoms with Crippen LogP contribution in [0.2, 0.25) is 0 Å². The van der Waals surface area contributed by atoms with E-state index in [1.54, 1.807) is 6.08 Å². The first-order chi connectivity index (χ1) is 11.0. The summed E-state index contributed by atoms with van der Waals surface area (Å²) < 4.78 is 0. The van der Waals surface area contributed by atoms with Crippen LogP contribution in [0.5, 0.6) is 0 Å². The molecule has 0 saturated carbocycles. The van der Waals surface area contributed by atoms with Gasteiger partial charge in [-0.3, -0.25) is 4.79 Å². The van der Waals surface area contributed by atoms with E-state index in [9.17, 15) is 4.79 Å². The Hall–Kier alpha value is -2.33. The number of carbonyl (C=O) groups is 1. The number of hydrogen-bond acceptors (Lipinski definition) is 4. The number of ketones is 1. The summed E-state index contributed by atoms with van der Waals surface area (Å²) in [5.41, 5.74) is 14.6. The van der Waals surface area contributed by atoms with Gasteiger partial charge in [0, 0.05) is 30.9 Å². The maximum absolute atomic E-state index is 11.8. The van der Waals surface area contributed by atoms with Crippen LogP contribution in [-0.4, -0.2) is 18.9 Å². The molecule has 0 aliphatic rings. The van der Waals surface area contributed by atoms with Gasteiger partial charge in [-0.1, -0.05) is 37.4 Å². The third-order valence-corrected chi connectivity index (χ3v) is 3.35. The molecule has 23 heavy (non-hydrogen) atoms. The lowest BCUT2D eigenvalue weighted by molar-refractivity contribution is -0.114. The molecular formula is C19H27N3O. The lowest BCUT2D eigenvalue weighted by atomic mass is 10.0. The number of carbonyl (C=O) groups excluding carboxylic acids is 1. The summed E-state index contributed by atoms with van der Waals surface area (Å²) in [4.78, 5) is 11.8. The van der Waals surface area contributed by atoms with Crippen LogP contribution < -0.4 is 16.8 Å². The normalized spacial score (nSPS) is 10.7. The number of nitrogens with one attached hydrogen (secondary N) is 1. The van der Waals surface area contributed by atoms with Gasteiger partial charge in [0.05, 0.1) is 0 Å². The minimum atomic E-state index is 0.123. The van der Waals surface area contributed by atoms with Crippen molar-refractivity contribution in [2.75, 3.05) is 13.1 Å². The molecule has 124 valence electrons. The average Bonchev–Trinajstić information content (AvgIpc) is 2.54. The highest BCUT2D eigenvalue weighted by Gasteiger charge is 2.02. The van der Waals surface area contributed by atoms with Crippen molar-refractivity contribution in [3.63, 3.8) is 0 Å². The number of benzene rings is 1. The summed E-state index contributed by atoms with van der Waals surface area (Å²) in [6, 6.07) is 8.06. The average molecular weight is 313 g/mol. The van der Waals surface area contributed by atoms with E-state index in [0.29, 0.717) is 38.0 Å². The number of aryl methyl sites for hydroxylation is 1. The van der Waals surface area contributed by atoms with Crippen LogP contribution in [0, 0.1) is 0 Å². The highest BCUT2D eigenvalue weighted by molar-refractivity contribution is 5.89. The molecule has 1 aromatic rings. The van der Waals surface area contributed by atoms with Crippen LogP contribution in [0.15, 0.2) is 55.3 Å². The number of rotatable bonds is 11. The molecule has 0 bridgehead atoms. The Balaban J connectivity index is 2.47. The van der Waals surface area contributed by atoms with Crippen molar-refractivity contribution in [1.82, 2.24) is 5.32 Å². The van der Waals surface area contributed by atoms with E-state index in [2.05, 4.69) is 24.5 Å². The van der Waals surface area contributed by atoms with Gasteiger partial charge in [0.2, 0.25) is 0 Å². The van der Waals surface area contributed by atoms with Gasteiger partial charge in [-0.15, -0.1) is 0 Å². The van der Waals surface area contributed by atoms with Crippen molar-refractivity contribution in [2.45, 2.75) is 25.7 Å². The van der Waals surface area contributed by atoms with E-state index >= 15 is 0 Å². The molecule has 1 aromatic carbocycles. The maximum Gasteiger partial charge on any atom is 0.155 e. The predicted octanol–water partition coefficient (Wildman–Crippen LogP) is 2.52. The second kappa shape index (κ2) is 10.4. The van der Waals surface area contributed by atoms with Gasteiger partial charge in [0.15, 0.2) is 5.78 Å². The molecule has 0 fully saturated rings. The minimum Gasteiger partial charge on any atom is -0.403 e. The fourth-order valence-electron chi connectivity index (χ4n) is 2.07. The third kappa shape index (κ3) is 8.02. The van der Waals surface area contributed by atoms with E-state index in [-0.39, 0.29) is 5.78 Å². The van der Waals surface area contributed by atoms with Gasteiger partial charge in [-0.05, 0) is 42.5 Å². The highest BCUT2D eigenvalue weighted by atomic mass is 16.1. The zero-order chi connectivity index (χ0) is 17.1. The molecule has 0 atom stereocenters. The molecule has 5 N–H and O–H groups in total. The summed E-state index contributed by atoms with van der Waals surface area (Å²) in [5, 5.41) is 3.17. The second-order valence-corrected chi connectivity index (χ2v) is 5.46. The molecule has 0 saturated heterocycles. The van der Waals surface area contributed by atoms with Gasteiger partial charge in [0.1, 0.15) is 0 Å². The number of allylic oxidation sites excluding steroid dienone is 3.